The van der Waals surface area contributed by atoms with E-state index in [9.17, 15) is 10.2 Å². The van der Waals surface area contributed by atoms with E-state index in [0.29, 0.717) is 0 Å². The van der Waals surface area contributed by atoms with Crippen molar-refractivity contribution in [2.24, 2.45) is 5.73 Å². The average Bonchev–Trinajstić information content (AvgIpc) is 2.45. The van der Waals surface area contributed by atoms with Crippen LogP contribution in [0, 0.1) is 0 Å². The minimum atomic E-state index is -0.865. The van der Waals surface area contributed by atoms with Gasteiger partial charge in [0.15, 0.2) is 0 Å². The third-order valence-electron chi connectivity index (χ3n) is 2.97. The summed E-state index contributed by atoms with van der Waals surface area (Å²) in [4.78, 5) is 0. The van der Waals surface area contributed by atoms with Crippen molar-refractivity contribution >= 4 is 0 Å². The molecule has 0 aliphatic carbocycles. The predicted octanol–water partition coefficient (Wildman–Crippen LogP) is -1.44. The van der Waals surface area contributed by atoms with Crippen LogP contribution in [0.25, 0.3) is 0 Å². The van der Waals surface area contributed by atoms with Crippen molar-refractivity contribution in [3.8, 4) is 0 Å². The maximum Gasteiger partial charge on any atom is 0.0989 e. The summed E-state index contributed by atoms with van der Waals surface area (Å²) < 4.78 is 0. The van der Waals surface area contributed by atoms with Crippen molar-refractivity contribution in [1.29, 1.82) is 0 Å². The second kappa shape index (κ2) is 5.77. The molecule has 1 rings (SSSR count). The zero-order valence-electron chi connectivity index (χ0n) is 9.13. The molecule has 0 unspecified atom stereocenters. The van der Waals surface area contributed by atoms with Crippen LogP contribution in [-0.2, 0) is 0 Å². The molecular weight excluding hydrogens is 196 g/mol. The van der Waals surface area contributed by atoms with Crippen molar-refractivity contribution in [1.82, 2.24) is 5.32 Å². The highest BCUT2D eigenvalue weighted by atomic mass is 16.3. The van der Waals surface area contributed by atoms with E-state index in [1.54, 1.807) is 0 Å². The molecule has 15 heavy (non-hydrogen) atoms. The number of rotatable bonds is 5. The molecule has 0 saturated carbocycles. The number of nitrogens with one attached hydrogen (secondary N) is 1. The fourth-order valence-electron chi connectivity index (χ4n) is 2.02. The highest BCUT2D eigenvalue weighted by Gasteiger charge is 2.39. The molecule has 1 saturated heterocycles. The molecule has 1 fully saturated rings. The van der Waals surface area contributed by atoms with Gasteiger partial charge in [0.25, 0.3) is 0 Å². The molecule has 0 aromatic carbocycles. The summed E-state index contributed by atoms with van der Waals surface area (Å²) in [6.45, 7) is 1.80. The van der Waals surface area contributed by atoms with Crippen LogP contribution in [0.15, 0.2) is 0 Å². The summed E-state index contributed by atoms with van der Waals surface area (Å²) in [6, 6.07) is -0.363. The maximum atomic E-state index is 9.67. The molecule has 1 aliphatic rings. The molecule has 0 amide bonds. The van der Waals surface area contributed by atoms with Crippen LogP contribution in [0.4, 0.5) is 0 Å². The first-order chi connectivity index (χ1) is 7.06. The van der Waals surface area contributed by atoms with Crippen LogP contribution in [0.3, 0.4) is 0 Å². The Morgan fingerprint density at radius 3 is 2.33 bits per heavy atom. The van der Waals surface area contributed by atoms with Crippen molar-refractivity contribution in [3.63, 3.8) is 0 Å². The van der Waals surface area contributed by atoms with Gasteiger partial charge in [-0.1, -0.05) is 6.42 Å². The molecule has 1 aliphatic heterocycles. The zero-order chi connectivity index (χ0) is 11.4. The molecular formula is C10H22N2O3. The van der Waals surface area contributed by atoms with E-state index < -0.39 is 18.2 Å². The minimum absolute atomic E-state index is 0.129. The number of aliphatic hydroxyl groups excluding tert-OH is 3. The number of hydrogen-bond acceptors (Lipinski definition) is 5. The summed E-state index contributed by atoms with van der Waals surface area (Å²) in [5, 5.41) is 31.2. The maximum absolute atomic E-state index is 9.67. The van der Waals surface area contributed by atoms with E-state index >= 15 is 0 Å². The van der Waals surface area contributed by atoms with Gasteiger partial charge in [-0.05, 0) is 19.8 Å². The Balaban J connectivity index is 2.31. The van der Waals surface area contributed by atoms with E-state index in [0.717, 1.165) is 19.3 Å². The van der Waals surface area contributed by atoms with Gasteiger partial charge in [0.2, 0.25) is 0 Å². The van der Waals surface area contributed by atoms with E-state index in [2.05, 4.69) is 5.32 Å². The lowest BCUT2D eigenvalue weighted by Crippen LogP contribution is -2.36. The largest absolute Gasteiger partial charge is 0.395 e. The van der Waals surface area contributed by atoms with Crippen LogP contribution in [0.1, 0.15) is 26.2 Å². The molecule has 0 aromatic rings. The SMILES string of the molecule is C[C@@H](N)CCC[C@@H]1N[C@@H](CO)[C@H](O)[C@H]1O. The Bertz CT molecular complexity index is 190. The van der Waals surface area contributed by atoms with Gasteiger partial charge in [0.05, 0.1) is 24.9 Å². The summed E-state index contributed by atoms with van der Waals surface area (Å²) >= 11 is 0. The average molecular weight is 218 g/mol. The molecule has 0 spiro atoms. The summed E-state index contributed by atoms with van der Waals surface area (Å²) in [6.07, 6.45) is 0.948. The highest BCUT2D eigenvalue weighted by molar-refractivity contribution is 4.97. The van der Waals surface area contributed by atoms with Crippen LogP contribution >= 0.6 is 0 Å². The topological polar surface area (TPSA) is 98.7 Å². The van der Waals surface area contributed by atoms with E-state index in [-0.39, 0.29) is 18.7 Å². The number of nitrogens with two attached hydrogens (primary N) is 1. The summed E-state index contributed by atoms with van der Waals surface area (Å²) in [5.74, 6) is 0. The monoisotopic (exact) mass is 218 g/mol. The Morgan fingerprint density at radius 2 is 1.87 bits per heavy atom. The van der Waals surface area contributed by atoms with Gasteiger partial charge in [0, 0.05) is 12.1 Å². The molecule has 5 atom stereocenters. The van der Waals surface area contributed by atoms with E-state index in [1.165, 1.54) is 0 Å². The van der Waals surface area contributed by atoms with Crippen LogP contribution in [0.5, 0.6) is 0 Å². The molecule has 0 bridgehead atoms. The van der Waals surface area contributed by atoms with Gasteiger partial charge in [0.1, 0.15) is 0 Å². The Hall–Kier alpha value is -0.200. The lowest BCUT2D eigenvalue weighted by molar-refractivity contribution is 0.0186. The van der Waals surface area contributed by atoms with Gasteiger partial charge in [-0.15, -0.1) is 0 Å². The van der Waals surface area contributed by atoms with E-state index in [1.807, 2.05) is 6.92 Å². The first-order valence-corrected chi connectivity index (χ1v) is 5.55. The quantitative estimate of drug-likeness (QED) is 0.389. The van der Waals surface area contributed by atoms with Crippen molar-refractivity contribution in [3.05, 3.63) is 0 Å². The predicted molar refractivity (Wildman–Crippen MR) is 57.3 cm³/mol. The third kappa shape index (κ3) is 3.39. The molecule has 1 heterocycles. The Morgan fingerprint density at radius 1 is 1.27 bits per heavy atom. The van der Waals surface area contributed by atoms with Crippen molar-refractivity contribution in [2.75, 3.05) is 6.61 Å². The first kappa shape index (κ1) is 12.9. The van der Waals surface area contributed by atoms with Gasteiger partial charge in [-0.2, -0.15) is 0 Å². The summed E-state index contributed by atoms with van der Waals surface area (Å²) in [7, 11) is 0. The van der Waals surface area contributed by atoms with Gasteiger partial charge < -0.3 is 26.4 Å². The molecule has 90 valence electrons. The highest BCUT2D eigenvalue weighted by Crippen LogP contribution is 2.18. The fourth-order valence-corrected chi connectivity index (χ4v) is 2.02. The van der Waals surface area contributed by atoms with Crippen molar-refractivity contribution in [2.45, 2.75) is 56.5 Å². The smallest absolute Gasteiger partial charge is 0.0989 e. The van der Waals surface area contributed by atoms with E-state index in [4.69, 9.17) is 10.8 Å². The molecule has 5 heteroatoms. The number of aliphatic hydroxyl groups is 3. The third-order valence-corrected chi connectivity index (χ3v) is 2.97. The fraction of sp³-hybridized carbons (Fsp3) is 1.00. The van der Waals surface area contributed by atoms with Crippen molar-refractivity contribution < 1.29 is 15.3 Å². The van der Waals surface area contributed by atoms with Crippen LogP contribution in [0.2, 0.25) is 0 Å². The second-order valence-electron chi connectivity index (χ2n) is 4.45. The summed E-state index contributed by atoms with van der Waals surface area (Å²) in [5.41, 5.74) is 5.62. The lowest BCUT2D eigenvalue weighted by atomic mass is 10.0. The lowest BCUT2D eigenvalue weighted by Gasteiger charge is -2.16. The molecule has 0 radical (unpaired) electrons. The zero-order valence-corrected chi connectivity index (χ0v) is 9.13. The Labute approximate surface area is 90.3 Å². The molecule has 6 N–H and O–H groups in total. The van der Waals surface area contributed by atoms with Gasteiger partial charge in [-0.3, -0.25) is 0 Å². The minimum Gasteiger partial charge on any atom is -0.395 e. The molecule has 0 aromatic heterocycles. The van der Waals surface area contributed by atoms with Crippen LogP contribution < -0.4 is 11.1 Å². The number of hydrogen-bond donors (Lipinski definition) is 5. The van der Waals surface area contributed by atoms with Crippen LogP contribution in [-0.4, -0.2) is 52.3 Å². The molecule has 5 nitrogen and oxygen atoms in total. The Kier molecular flexibility index (Phi) is 4.95. The standard InChI is InChI=1S/C10H22N2O3/c1-6(11)3-2-4-7-9(14)10(15)8(5-13)12-7/h6-10,12-15H,2-5,11H2,1H3/t6-,7+,8+,9+,10+/m1/s1. The van der Waals surface area contributed by atoms with Gasteiger partial charge in [-0.25, -0.2) is 0 Å². The first-order valence-electron chi connectivity index (χ1n) is 5.55. The normalized spacial score (nSPS) is 38.2. The second-order valence-corrected chi connectivity index (χ2v) is 4.45. The van der Waals surface area contributed by atoms with Gasteiger partial charge >= 0.3 is 0 Å².